The molecule has 0 aliphatic rings. The molecule has 1 unspecified atom stereocenters. The molecule has 1 atom stereocenters. The number of rotatable bonds is 3. The Balaban J connectivity index is 2.44. The van der Waals surface area contributed by atoms with Crippen LogP contribution >= 0.6 is 11.3 Å². The van der Waals surface area contributed by atoms with E-state index < -0.39 is 0 Å². The van der Waals surface area contributed by atoms with Crippen molar-refractivity contribution in [2.75, 3.05) is 7.05 Å². The van der Waals surface area contributed by atoms with E-state index in [1.54, 1.807) is 11.3 Å². The van der Waals surface area contributed by atoms with Gasteiger partial charge in [0.25, 0.3) is 0 Å². The molecular formula is C14H18N2S. The Labute approximate surface area is 107 Å². The molecule has 3 heteroatoms. The molecule has 0 radical (unpaired) electrons. The Kier molecular flexibility index (Phi) is 3.60. The Bertz CT molecular complexity index is 496. The third kappa shape index (κ3) is 2.40. The van der Waals surface area contributed by atoms with Gasteiger partial charge in [0.1, 0.15) is 5.01 Å². The van der Waals surface area contributed by atoms with Crippen LogP contribution in [0, 0.1) is 13.8 Å². The standard InChI is InChI=1S/C14H18N2S/c1-9-6-5-7-10(2)13(9)14-16-12(8-17-14)11(3)15-4/h5-8,11,15H,1-4H3. The predicted octanol–water partition coefficient (Wildman–Crippen LogP) is 3.71. The van der Waals surface area contributed by atoms with Gasteiger partial charge in [-0.3, -0.25) is 0 Å². The van der Waals surface area contributed by atoms with Gasteiger partial charge in [0.15, 0.2) is 0 Å². The first-order valence-corrected chi connectivity index (χ1v) is 6.70. The zero-order valence-corrected chi connectivity index (χ0v) is 11.6. The summed E-state index contributed by atoms with van der Waals surface area (Å²) in [5.41, 5.74) is 4.99. The zero-order valence-electron chi connectivity index (χ0n) is 10.7. The summed E-state index contributed by atoms with van der Waals surface area (Å²) in [6.07, 6.45) is 0. The molecule has 0 spiro atoms. The summed E-state index contributed by atoms with van der Waals surface area (Å²) in [6, 6.07) is 6.69. The number of nitrogens with one attached hydrogen (secondary N) is 1. The fraction of sp³-hybridized carbons (Fsp3) is 0.357. The number of aryl methyl sites for hydroxylation is 2. The van der Waals surface area contributed by atoms with Crippen LogP contribution in [-0.2, 0) is 0 Å². The maximum Gasteiger partial charge on any atom is 0.124 e. The van der Waals surface area contributed by atoms with E-state index in [1.165, 1.54) is 16.7 Å². The minimum atomic E-state index is 0.310. The molecule has 0 bridgehead atoms. The Morgan fingerprint density at radius 2 is 1.88 bits per heavy atom. The summed E-state index contributed by atoms with van der Waals surface area (Å²) in [5, 5.41) is 6.48. The Hall–Kier alpha value is -1.19. The summed E-state index contributed by atoms with van der Waals surface area (Å²) < 4.78 is 0. The quantitative estimate of drug-likeness (QED) is 0.893. The van der Waals surface area contributed by atoms with Crippen LogP contribution in [0.5, 0.6) is 0 Å². The second-order valence-electron chi connectivity index (χ2n) is 4.35. The van der Waals surface area contributed by atoms with Crippen molar-refractivity contribution < 1.29 is 0 Å². The molecule has 1 N–H and O–H groups in total. The van der Waals surface area contributed by atoms with E-state index >= 15 is 0 Å². The molecule has 1 heterocycles. The molecule has 0 amide bonds. The first-order chi connectivity index (χ1) is 8.13. The van der Waals surface area contributed by atoms with Crippen LogP contribution < -0.4 is 5.32 Å². The maximum absolute atomic E-state index is 4.73. The van der Waals surface area contributed by atoms with E-state index in [1.807, 2.05) is 7.05 Å². The van der Waals surface area contributed by atoms with Crippen molar-refractivity contribution in [3.63, 3.8) is 0 Å². The Morgan fingerprint density at radius 3 is 2.47 bits per heavy atom. The van der Waals surface area contributed by atoms with E-state index in [4.69, 9.17) is 4.98 Å². The van der Waals surface area contributed by atoms with Crippen molar-refractivity contribution in [3.05, 3.63) is 40.4 Å². The van der Waals surface area contributed by atoms with Gasteiger partial charge in [-0.25, -0.2) is 4.98 Å². The van der Waals surface area contributed by atoms with Crippen molar-refractivity contribution in [2.45, 2.75) is 26.8 Å². The lowest BCUT2D eigenvalue weighted by molar-refractivity contribution is 0.637. The minimum absolute atomic E-state index is 0.310. The van der Waals surface area contributed by atoms with Gasteiger partial charge < -0.3 is 5.32 Å². The van der Waals surface area contributed by atoms with E-state index in [0.717, 1.165) is 10.7 Å². The average Bonchev–Trinajstić information content (AvgIpc) is 2.77. The second-order valence-corrected chi connectivity index (χ2v) is 5.21. The van der Waals surface area contributed by atoms with Crippen molar-refractivity contribution in [2.24, 2.45) is 0 Å². The lowest BCUT2D eigenvalue weighted by Gasteiger charge is -2.07. The molecule has 0 saturated carbocycles. The minimum Gasteiger partial charge on any atom is -0.312 e. The van der Waals surface area contributed by atoms with Crippen molar-refractivity contribution in [1.82, 2.24) is 10.3 Å². The lowest BCUT2D eigenvalue weighted by Crippen LogP contribution is -2.12. The van der Waals surface area contributed by atoms with Crippen LogP contribution in [0.4, 0.5) is 0 Å². The van der Waals surface area contributed by atoms with Crippen molar-refractivity contribution >= 4 is 11.3 Å². The fourth-order valence-electron chi connectivity index (χ4n) is 1.90. The molecule has 90 valence electrons. The molecule has 2 aromatic rings. The van der Waals surface area contributed by atoms with E-state index in [2.05, 4.69) is 49.7 Å². The monoisotopic (exact) mass is 246 g/mol. The van der Waals surface area contributed by atoms with Crippen LogP contribution in [0.3, 0.4) is 0 Å². The highest BCUT2D eigenvalue weighted by Gasteiger charge is 2.12. The van der Waals surface area contributed by atoms with Gasteiger partial charge >= 0.3 is 0 Å². The van der Waals surface area contributed by atoms with Gasteiger partial charge in [0, 0.05) is 17.0 Å². The second kappa shape index (κ2) is 4.98. The maximum atomic E-state index is 4.73. The first kappa shape index (κ1) is 12.3. The smallest absolute Gasteiger partial charge is 0.124 e. The molecular weight excluding hydrogens is 228 g/mol. The largest absolute Gasteiger partial charge is 0.312 e. The first-order valence-electron chi connectivity index (χ1n) is 5.82. The van der Waals surface area contributed by atoms with Crippen LogP contribution in [0.1, 0.15) is 29.8 Å². The SMILES string of the molecule is CNC(C)c1csc(-c2c(C)cccc2C)n1. The number of thiazole rings is 1. The molecule has 1 aromatic heterocycles. The van der Waals surface area contributed by atoms with Gasteiger partial charge in [0.2, 0.25) is 0 Å². The van der Waals surface area contributed by atoms with E-state index in [0.29, 0.717) is 6.04 Å². The van der Waals surface area contributed by atoms with Crippen molar-refractivity contribution in [3.8, 4) is 10.6 Å². The highest BCUT2D eigenvalue weighted by atomic mass is 32.1. The number of hydrogen-bond acceptors (Lipinski definition) is 3. The number of hydrogen-bond donors (Lipinski definition) is 1. The molecule has 0 aliphatic heterocycles. The summed E-state index contributed by atoms with van der Waals surface area (Å²) in [7, 11) is 1.96. The van der Waals surface area contributed by atoms with Crippen LogP contribution in [0.2, 0.25) is 0 Å². The zero-order chi connectivity index (χ0) is 12.4. The molecule has 0 saturated heterocycles. The predicted molar refractivity (Wildman–Crippen MR) is 74.5 cm³/mol. The van der Waals surface area contributed by atoms with E-state index in [9.17, 15) is 0 Å². The van der Waals surface area contributed by atoms with Gasteiger partial charge in [-0.05, 0) is 38.9 Å². The van der Waals surface area contributed by atoms with E-state index in [-0.39, 0.29) is 0 Å². The molecule has 0 fully saturated rings. The highest BCUT2D eigenvalue weighted by molar-refractivity contribution is 7.13. The Morgan fingerprint density at radius 1 is 1.24 bits per heavy atom. The van der Waals surface area contributed by atoms with Gasteiger partial charge in [0.05, 0.1) is 5.69 Å². The topological polar surface area (TPSA) is 24.9 Å². The van der Waals surface area contributed by atoms with Gasteiger partial charge in [-0.1, -0.05) is 18.2 Å². The fourth-order valence-corrected chi connectivity index (χ4v) is 2.99. The van der Waals surface area contributed by atoms with Crippen molar-refractivity contribution in [1.29, 1.82) is 0 Å². The van der Waals surface area contributed by atoms with Gasteiger partial charge in [-0.2, -0.15) is 0 Å². The third-order valence-electron chi connectivity index (χ3n) is 3.09. The van der Waals surface area contributed by atoms with Gasteiger partial charge in [-0.15, -0.1) is 11.3 Å². The van der Waals surface area contributed by atoms with Crippen LogP contribution in [0.15, 0.2) is 23.6 Å². The van der Waals surface area contributed by atoms with Crippen LogP contribution in [-0.4, -0.2) is 12.0 Å². The number of aromatic nitrogens is 1. The summed E-state index contributed by atoms with van der Waals surface area (Å²) in [4.78, 5) is 4.73. The molecule has 17 heavy (non-hydrogen) atoms. The third-order valence-corrected chi connectivity index (χ3v) is 3.97. The highest BCUT2D eigenvalue weighted by Crippen LogP contribution is 2.31. The molecule has 2 rings (SSSR count). The summed E-state index contributed by atoms with van der Waals surface area (Å²) >= 11 is 1.72. The normalized spacial score (nSPS) is 12.7. The molecule has 0 aliphatic carbocycles. The summed E-state index contributed by atoms with van der Waals surface area (Å²) in [5.74, 6) is 0. The number of benzene rings is 1. The average molecular weight is 246 g/mol. The lowest BCUT2D eigenvalue weighted by atomic mass is 10.0. The molecule has 2 nitrogen and oxygen atoms in total. The summed E-state index contributed by atoms with van der Waals surface area (Å²) in [6.45, 7) is 6.42. The number of nitrogens with zero attached hydrogens (tertiary/aromatic N) is 1. The molecule has 1 aromatic carbocycles. The van der Waals surface area contributed by atoms with Crippen LogP contribution in [0.25, 0.3) is 10.6 Å².